The van der Waals surface area contributed by atoms with Crippen molar-refractivity contribution in [2.75, 3.05) is 6.54 Å². The molecule has 0 heterocycles. The summed E-state index contributed by atoms with van der Waals surface area (Å²) in [6.07, 6.45) is 17.1. The van der Waals surface area contributed by atoms with Crippen LogP contribution >= 0.6 is 0 Å². The van der Waals surface area contributed by atoms with Crippen LogP contribution in [0.4, 0.5) is 0 Å². The normalized spacial score (nSPS) is 18.0. The molecule has 0 spiro atoms. The van der Waals surface area contributed by atoms with Crippen LogP contribution in [0.1, 0.15) is 90.9 Å². The Morgan fingerprint density at radius 2 is 1.47 bits per heavy atom. The van der Waals surface area contributed by atoms with Crippen molar-refractivity contribution in [2.45, 2.75) is 96.4 Å². The van der Waals surface area contributed by atoms with Crippen molar-refractivity contribution in [3.63, 3.8) is 0 Å². The van der Waals surface area contributed by atoms with E-state index in [4.69, 9.17) is 0 Å². The van der Waals surface area contributed by atoms with Crippen LogP contribution in [0.5, 0.6) is 0 Å². The summed E-state index contributed by atoms with van der Waals surface area (Å²) in [5.74, 6) is 0. The third-order valence-corrected chi connectivity index (χ3v) is 4.32. The Bertz CT molecular complexity index is 172. The van der Waals surface area contributed by atoms with Crippen molar-refractivity contribution in [3.05, 3.63) is 0 Å². The molecule has 0 saturated heterocycles. The smallest absolute Gasteiger partial charge is 0.0181 e. The summed E-state index contributed by atoms with van der Waals surface area (Å²) < 4.78 is 0. The fraction of sp³-hybridized carbons (Fsp3) is 1.00. The van der Waals surface area contributed by atoms with Crippen molar-refractivity contribution >= 4 is 0 Å². The zero-order chi connectivity index (χ0) is 12.4. The predicted octanol–water partition coefficient (Wildman–Crippen LogP) is 5.05. The molecule has 0 aromatic rings. The number of hydrogen-bond donors (Lipinski definition) is 1. The molecule has 1 saturated carbocycles. The van der Waals surface area contributed by atoms with Crippen molar-refractivity contribution in [3.8, 4) is 0 Å². The van der Waals surface area contributed by atoms with E-state index in [9.17, 15) is 0 Å². The third-order valence-electron chi connectivity index (χ3n) is 4.32. The minimum absolute atomic E-state index is 0.569. The lowest BCUT2D eigenvalue weighted by molar-refractivity contribution is 0.166. The van der Waals surface area contributed by atoms with Crippen LogP contribution in [0, 0.1) is 0 Å². The van der Waals surface area contributed by atoms with Crippen molar-refractivity contribution in [1.29, 1.82) is 0 Å². The fourth-order valence-electron chi connectivity index (χ4n) is 2.93. The van der Waals surface area contributed by atoms with Crippen LogP contribution in [-0.4, -0.2) is 12.1 Å². The van der Waals surface area contributed by atoms with Gasteiger partial charge in [0, 0.05) is 5.54 Å². The average Bonchev–Trinajstić information content (AvgIpc) is 2.30. The molecule has 0 unspecified atom stereocenters. The molecule has 1 heteroatoms. The summed E-state index contributed by atoms with van der Waals surface area (Å²) in [7, 11) is 0. The maximum absolute atomic E-state index is 3.79. The van der Waals surface area contributed by atoms with Gasteiger partial charge < -0.3 is 5.32 Å². The van der Waals surface area contributed by atoms with Gasteiger partial charge in [0.05, 0.1) is 0 Å². The van der Waals surface area contributed by atoms with Crippen LogP contribution in [-0.2, 0) is 0 Å². The molecule has 0 aromatic heterocycles. The molecule has 0 amide bonds. The van der Waals surface area contributed by atoms with Crippen LogP contribution in [0.15, 0.2) is 0 Å². The van der Waals surface area contributed by atoms with Crippen LogP contribution in [0.3, 0.4) is 0 Å². The molecule has 1 aliphatic rings. The average molecular weight is 239 g/mol. The van der Waals surface area contributed by atoms with E-state index >= 15 is 0 Å². The zero-order valence-corrected chi connectivity index (χ0v) is 12.2. The minimum atomic E-state index is 0.569. The second kappa shape index (κ2) is 8.97. The summed E-state index contributed by atoms with van der Waals surface area (Å²) in [5.41, 5.74) is 0.569. The van der Waals surface area contributed by atoms with Gasteiger partial charge >= 0.3 is 0 Å². The van der Waals surface area contributed by atoms with E-state index in [0.717, 1.165) is 0 Å². The molecule has 0 atom stereocenters. The molecule has 1 N–H and O–H groups in total. The highest BCUT2D eigenvalue weighted by atomic mass is 15.0. The molecule has 0 radical (unpaired) electrons. The Labute approximate surface area is 109 Å². The Kier molecular flexibility index (Phi) is 7.92. The maximum atomic E-state index is 3.79. The Morgan fingerprint density at radius 1 is 0.824 bits per heavy atom. The van der Waals surface area contributed by atoms with E-state index in [2.05, 4.69) is 19.2 Å². The van der Waals surface area contributed by atoms with E-state index in [-0.39, 0.29) is 0 Å². The van der Waals surface area contributed by atoms with E-state index in [1.807, 2.05) is 0 Å². The van der Waals surface area contributed by atoms with E-state index < -0.39 is 0 Å². The van der Waals surface area contributed by atoms with Gasteiger partial charge in [0.15, 0.2) is 0 Å². The van der Waals surface area contributed by atoms with Gasteiger partial charge in [-0.25, -0.2) is 0 Å². The fourth-order valence-corrected chi connectivity index (χ4v) is 2.93. The van der Waals surface area contributed by atoms with Gasteiger partial charge in [-0.2, -0.15) is 0 Å². The molecule has 0 bridgehead atoms. The molecule has 0 aliphatic heterocycles. The van der Waals surface area contributed by atoms with Crippen molar-refractivity contribution < 1.29 is 0 Å². The topological polar surface area (TPSA) is 12.0 Å². The highest BCUT2D eigenvalue weighted by molar-refractivity contribution is 4.95. The molecule has 0 aromatic carbocycles. The number of unbranched alkanes of at least 4 members (excludes halogenated alkanes) is 6. The summed E-state index contributed by atoms with van der Waals surface area (Å²) >= 11 is 0. The standard InChI is InChI=1S/C16H33N/c1-3-5-6-7-8-9-10-12-16(13-11-14-16)17-15-4-2/h17H,3-15H2,1-2H3. The zero-order valence-electron chi connectivity index (χ0n) is 12.2. The van der Waals surface area contributed by atoms with Gasteiger partial charge in [0.2, 0.25) is 0 Å². The largest absolute Gasteiger partial charge is 0.311 e. The number of hydrogen-bond acceptors (Lipinski definition) is 1. The van der Waals surface area contributed by atoms with E-state index in [1.165, 1.54) is 83.6 Å². The second-order valence-corrected chi connectivity index (χ2v) is 5.93. The quantitative estimate of drug-likeness (QED) is 0.498. The predicted molar refractivity (Wildman–Crippen MR) is 77.5 cm³/mol. The lowest BCUT2D eigenvalue weighted by Crippen LogP contribution is -2.51. The Morgan fingerprint density at radius 3 is 2.00 bits per heavy atom. The second-order valence-electron chi connectivity index (χ2n) is 5.93. The molecular weight excluding hydrogens is 206 g/mol. The van der Waals surface area contributed by atoms with E-state index in [1.54, 1.807) is 0 Å². The first kappa shape index (κ1) is 15.0. The lowest BCUT2D eigenvalue weighted by atomic mass is 9.73. The molecule has 102 valence electrons. The van der Waals surface area contributed by atoms with Gasteiger partial charge in [-0.05, 0) is 38.6 Å². The highest BCUT2D eigenvalue weighted by Crippen LogP contribution is 2.36. The third kappa shape index (κ3) is 5.90. The summed E-state index contributed by atoms with van der Waals surface area (Å²) in [5, 5.41) is 3.79. The number of nitrogens with one attached hydrogen (secondary N) is 1. The number of rotatable bonds is 11. The Hall–Kier alpha value is -0.0400. The maximum Gasteiger partial charge on any atom is 0.0181 e. The molecule has 17 heavy (non-hydrogen) atoms. The summed E-state index contributed by atoms with van der Waals surface area (Å²) in [6.45, 7) is 5.78. The molecule has 1 rings (SSSR count). The van der Waals surface area contributed by atoms with Gasteiger partial charge in [-0.15, -0.1) is 0 Å². The van der Waals surface area contributed by atoms with Crippen molar-refractivity contribution in [2.24, 2.45) is 0 Å². The SMILES string of the molecule is CCCCCCCCCC1(NCCC)CCC1. The van der Waals surface area contributed by atoms with E-state index in [0.29, 0.717) is 5.54 Å². The van der Waals surface area contributed by atoms with Crippen LogP contribution in [0.2, 0.25) is 0 Å². The molecule has 1 fully saturated rings. The summed E-state index contributed by atoms with van der Waals surface area (Å²) in [4.78, 5) is 0. The first-order valence-electron chi connectivity index (χ1n) is 8.08. The summed E-state index contributed by atoms with van der Waals surface area (Å²) in [6, 6.07) is 0. The highest BCUT2D eigenvalue weighted by Gasteiger charge is 2.34. The molecular formula is C16H33N. The van der Waals surface area contributed by atoms with Crippen LogP contribution < -0.4 is 5.32 Å². The van der Waals surface area contributed by atoms with Gasteiger partial charge in [-0.3, -0.25) is 0 Å². The molecule has 1 nitrogen and oxygen atoms in total. The monoisotopic (exact) mass is 239 g/mol. The lowest BCUT2D eigenvalue weighted by Gasteiger charge is -2.43. The first-order chi connectivity index (χ1) is 8.33. The minimum Gasteiger partial charge on any atom is -0.311 e. The van der Waals surface area contributed by atoms with Gasteiger partial charge in [-0.1, -0.05) is 58.8 Å². The molecule has 1 aliphatic carbocycles. The van der Waals surface area contributed by atoms with Gasteiger partial charge in [0.25, 0.3) is 0 Å². The van der Waals surface area contributed by atoms with Crippen molar-refractivity contribution in [1.82, 2.24) is 5.32 Å². The first-order valence-corrected chi connectivity index (χ1v) is 8.08. The van der Waals surface area contributed by atoms with Gasteiger partial charge in [0.1, 0.15) is 0 Å². The van der Waals surface area contributed by atoms with Crippen LogP contribution in [0.25, 0.3) is 0 Å². The Balaban J connectivity index is 1.96.